The molecule has 0 unspecified atom stereocenters. The van der Waals surface area contributed by atoms with Crippen molar-refractivity contribution in [1.29, 1.82) is 0 Å². The molecular formula is C16H21NO. The number of rotatable bonds is 2. The Labute approximate surface area is 109 Å². The molecule has 0 atom stereocenters. The number of benzene rings is 1. The molecule has 0 aliphatic heterocycles. The number of aryl methyl sites for hydroxylation is 1. The van der Waals surface area contributed by atoms with Crippen LogP contribution in [0, 0.1) is 5.41 Å². The van der Waals surface area contributed by atoms with Gasteiger partial charge in [0.15, 0.2) is 0 Å². The zero-order valence-electron chi connectivity index (χ0n) is 11.7. The molecule has 18 heavy (non-hydrogen) atoms. The number of nitrogens with zero attached hydrogens (tertiary/aromatic N) is 1. The van der Waals surface area contributed by atoms with Crippen molar-refractivity contribution in [1.82, 2.24) is 4.57 Å². The van der Waals surface area contributed by atoms with Gasteiger partial charge < -0.3 is 0 Å². The van der Waals surface area contributed by atoms with Crippen LogP contribution in [0.25, 0.3) is 10.9 Å². The first-order valence-electron chi connectivity index (χ1n) is 6.54. The van der Waals surface area contributed by atoms with Crippen LogP contribution in [0.4, 0.5) is 0 Å². The summed E-state index contributed by atoms with van der Waals surface area (Å²) >= 11 is 0. The van der Waals surface area contributed by atoms with Gasteiger partial charge >= 0.3 is 0 Å². The Morgan fingerprint density at radius 2 is 1.89 bits per heavy atom. The molecule has 0 radical (unpaired) electrons. The number of aromatic nitrogens is 1. The van der Waals surface area contributed by atoms with Gasteiger partial charge in [0.1, 0.15) is 0 Å². The monoisotopic (exact) mass is 243 g/mol. The third-order valence-corrected chi connectivity index (χ3v) is 3.13. The fraction of sp³-hybridized carbons (Fsp3) is 0.438. The van der Waals surface area contributed by atoms with Crippen molar-refractivity contribution < 1.29 is 4.79 Å². The predicted molar refractivity (Wildman–Crippen MR) is 76.0 cm³/mol. The van der Waals surface area contributed by atoms with E-state index >= 15 is 0 Å². The second kappa shape index (κ2) is 4.60. The van der Waals surface area contributed by atoms with Gasteiger partial charge in [-0.2, -0.15) is 0 Å². The normalized spacial score (nSPS) is 12.0. The Hall–Kier alpha value is -1.57. The van der Waals surface area contributed by atoms with E-state index in [9.17, 15) is 4.79 Å². The predicted octanol–water partition coefficient (Wildman–Crippen LogP) is 4.28. The highest BCUT2D eigenvalue weighted by Crippen LogP contribution is 2.25. The Balaban J connectivity index is 2.48. The standard InChI is InChI=1S/C16H21NO/c1-5-12-11-17(15(18)10-16(2,3)4)14-9-7-6-8-13(12)14/h6-9,11H,5,10H2,1-4H3. The maximum atomic E-state index is 12.4. The second-order valence-corrected chi connectivity index (χ2v) is 6.03. The highest BCUT2D eigenvalue weighted by molar-refractivity contribution is 5.94. The molecule has 0 fully saturated rings. The summed E-state index contributed by atoms with van der Waals surface area (Å²) in [4.78, 5) is 12.4. The average Bonchev–Trinajstić information content (AvgIpc) is 2.65. The minimum absolute atomic E-state index is 0.0227. The Kier molecular flexibility index (Phi) is 3.29. The lowest BCUT2D eigenvalue weighted by Crippen LogP contribution is -2.18. The third-order valence-electron chi connectivity index (χ3n) is 3.13. The first kappa shape index (κ1) is 12.9. The summed E-state index contributed by atoms with van der Waals surface area (Å²) in [7, 11) is 0. The van der Waals surface area contributed by atoms with Gasteiger partial charge in [0.2, 0.25) is 5.91 Å². The lowest BCUT2D eigenvalue weighted by Gasteiger charge is -2.17. The number of hydrogen-bond acceptors (Lipinski definition) is 1. The fourth-order valence-corrected chi connectivity index (χ4v) is 2.28. The number of carbonyl (C=O) groups is 1. The van der Waals surface area contributed by atoms with Crippen molar-refractivity contribution in [2.45, 2.75) is 40.5 Å². The Bertz CT molecular complexity index is 572. The van der Waals surface area contributed by atoms with E-state index < -0.39 is 0 Å². The number of para-hydroxylation sites is 1. The fourth-order valence-electron chi connectivity index (χ4n) is 2.28. The van der Waals surface area contributed by atoms with E-state index in [0.29, 0.717) is 6.42 Å². The van der Waals surface area contributed by atoms with Crippen molar-refractivity contribution in [3.63, 3.8) is 0 Å². The molecule has 96 valence electrons. The molecule has 0 saturated carbocycles. The van der Waals surface area contributed by atoms with Crippen LogP contribution in [0.15, 0.2) is 30.5 Å². The molecule has 1 aromatic carbocycles. The van der Waals surface area contributed by atoms with Crippen molar-refractivity contribution in [3.05, 3.63) is 36.0 Å². The summed E-state index contributed by atoms with van der Waals surface area (Å²) < 4.78 is 1.82. The molecule has 0 aliphatic carbocycles. The van der Waals surface area contributed by atoms with Gasteiger partial charge in [0.25, 0.3) is 0 Å². The van der Waals surface area contributed by atoms with Crippen LogP contribution in [-0.4, -0.2) is 10.5 Å². The topological polar surface area (TPSA) is 22.0 Å². The first-order chi connectivity index (χ1) is 8.42. The van der Waals surface area contributed by atoms with Crippen molar-refractivity contribution in [2.75, 3.05) is 0 Å². The van der Waals surface area contributed by atoms with Gasteiger partial charge in [-0.1, -0.05) is 45.9 Å². The van der Waals surface area contributed by atoms with Crippen LogP contribution in [0.2, 0.25) is 0 Å². The maximum Gasteiger partial charge on any atom is 0.231 e. The summed E-state index contributed by atoms with van der Waals surface area (Å²) in [5.41, 5.74) is 2.30. The van der Waals surface area contributed by atoms with E-state index in [4.69, 9.17) is 0 Å². The molecule has 0 aliphatic rings. The van der Waals surface area contributed by atoms with Crippen LogP contribution < -0.4 is 0 Å². The van der Waals surface area contributed by atoms with Gasteiger partial charge in [0.05, 0.1) is 5.52 Å². The zero-order chi connectivity index (χ0) is 13.3. The second-order valence-electron chi connectivity index (χ2n) is 6.03. The summed E-state index contributed by atoms with van der Waals surface area (Å²) in [6, 6.07) is 8.13. The number of hydrogen-bond donors (Lipinski definition) is 0. The minimum atomic E-state index is 0.0227. The number of fused-ring (bicyclic) bond motifs is 1. The summed E-state index contributed by atoms with van der Waals surface area (Å²) in [5, 5.41) is 1.20. The summed E-state index contributed by atoms with van der Waals surface area (Å²) in [6.07, 6.45) is 3.52. The van der Waals surface area contributed by atoms with Crippen molar-refractivity contribution in [2.24, 2.45) is 5.41 Å². The van der Waals surface area contributed by atoms with Gasteiger partial charge in [0, 0.05) is 18.0 Å². The molecule has 2 aromatic rings. The van der Waals surface area contributed by atoms with Crippen LogP contribution >= 0.6 is 0 Å². The van der Waals surface area contributed by atoms with E-state index in [1.165, 1.54) is 10.9 Å². The lowest BCUT2D eigenvalue weighted by molar-refractivity contribution is 0.0862. The molecule has 0 spiro atoms. The molecule has 0 bridgehead atoms. The highest BCUT2D eigenvalue weighted by Gasteiger charge is 2.19. The Morgan fingerprint density at radius 1 is 1.22 bits per heavy atom. The van der Waals surface area contributed by atoms with Gasteiger partial charge in [-0.3, -0.25) is 9.36 Å². The summed E-state index contributed by atoms with van der Waals surface area (Å²) in [6.45, 7) is 8.41. The molecule has 0 saturated heterocycles. The van der Waals surface area contributed by atoms with E-state index in [-0.39, 0.29) is 11.3 Å². The molecule has 0 amide bonds. The summed E-state index contributed by atoms with van der Waals surface area (Å²) in [5.74, 6) is 0.179. The Morgan fingerprint density at radius 3 is 2.50 bits per heavy atom. The van der Waals surface area contributed by atoms with Gasteiger partial charge in [-0.05, 0) is 23.5 Å². The molecule has 1 aromatic heterocycles. The molecule has 1 heterocycles. The van der Waals surface area contributed by atoms with Crippen LogP contribution in [-0.2, 0) is 6.42 Å². The molecule has 2 heteroatoms. The average molecular weight is 243 g/mol. The van der Waals surface area contributed by atoms with E-state index in [1.54, 1.807) is 0 Å². The van der Waals surface area contributed by atoms with Crippen LogP contribution in [0.1, 0.15) is 44.5 Å². The van der Waals surface area contributed by atoms with E-state index in [0.717, 1.165) is 11.9 Å². The maximum absolute atomic E-state index is 12.4. The largest absolute Gasteiger partial charge is 0.287 e. The van der Waals surface area contributed by atoms with Gasteiger partial charge in [-0.25, -0.2) is 0 Å². The van der Waals surface area contributed by atoms with Crippen molar-refractivity contribution in [3.8, 4) is 0 Å². The van der Waals surface area contributed by atoms with Crippen LogP contribution in [0.5, 0.6) is 0 Å². The van der Waals surface area contributed by atoms with Gasteiger partial charge in [-0.15, -0.1) is 0 Å². The molecule has 2 rings (SSSR count). The molecule has 0 N–H and O–H groups in total. The van der Waals surface area contributed by atoms with Crippen LogP contribution in [0.3, 0.4) is 0 Å². The SMILES string of the molecule is CCc1cn(C(=O)CC(C)(C)C)c2ccccc12. The smallest absolute Gasteiger partial charge is 0.231 e. The number of carbonyl (C=O) groups excluding carboxylic acids is 1. The lowest BCUT2D eigenvalue weighted by atomic mass is 9.92. The third kappa shape index (κ3) is 2.47. The van der Waals surface area contributed by atoms with E-state index in [1.807, 2.05) is 29.0 Å². The minimum Gasteiger partial charge on any atom is -0.287 e. The zero-order valence-corrected chi connectivity index (χ0v) is 11.7. The molecular weight excluding hydrogens is 222 g/mol. The quantitative estimate of drug-likeness (QED) is 0.771. The van der Waals surface area contributed by atoms with Crippen molar-refractivity contribution >= 4 is 16.8 Å². The van der Waals surface area contributed by atoms with E-state index in [2.05, 4.69) is 33.8 Å². The molecule has 2 nitrogen and oxygen atoms in total. The first-order valence-corrected chi connectivity index (χ1v) is 6.54. The highest BCUT2D eigenvalue weighted by atomic mass is 16.2.